The van der Waals surface area contributed by atoms with Crippen LogP contribution in [0, 0.1) is 5.92 Å². The van der Waals surface area contributed by atoms with Crippen molar-refractivity contribution in [2.45, 2.75) is 59.0 Å². The molecule has 1 aliphatic rings. The van der Waals surface area contributed by atoms with Gasteiger partial charge in [0, 0.05) is 38.4 Å². The third-order valence-corrected chi connectivity index (χ3v) is 3.44. The van der Waals surface area contributed by atoms with Crippen molar-refractivity contribution in [1.29, 1.82) is 0 Å². The van der Waals surface area contributed by atoms with Gasteiger partial charge in [-0.1, -0.05) is 13.8 Å². The zero-order valence-electron chi connectivity index (χ0n) is 12.7. The molecule has 1 rings (SSSR count). The van der Waals surface area contributed by atoms with Crippen LogP contribution in [0.2, 0.25) is 0 Å². The predicted molar refractivity (Wildman–Crippen MR) is 78.0 cm³/mol. The molecular formula is C15H32N2O. The second-order valence-corrected chi connectivity index (χ2v) is 5.93. The number of nitrogens with zero attached hydrogens (tertiary/aromatic N) is 1. The Morgan fingerprint density at radius 2 is 2.00 bits per heavy atom. The highest BCUT2D eigenvalue weighted by molar-refractivity contribution is 4.88. The summed E-state index contributed by atoms with van der Waals surface area (Å²) in [6, 6.07) is 1.53. The molecule has 0 saturated heterocycles. The van der Waals surface area contributed by atoms with E-state index < -0.39 is 0 Å². The molecule has 1 N–H and O–H groups in total. The van der Waals surface area contributed by atoms with Crippen LogP contribution in [0.5, 0.6) is 0 Å². The van der Waals surface area contributed by atoms with Crippen molar-refractivity contribution >= 4 is 0 Å². The van der Waals surface area contributed by atoms with Crippen molar-refractivity contribution in [1.82, 2.24) is 10.2 Å². The second-order valence-electron chi connectivity index (χ2n) is 5.93. The highest BCUT2D eigenvalue weighted by atomic mass is 16.5. The van der Waals surface area contributed by atoms with Crippen LogP contribution in [-0.2, 0) is 4.74 Å². The molecule has 1 fully saturated rings. The van der Waals surface area contributed by atoms with Gasteiger partial charge in [-0.15, -0.1) is 0 Å². The fraction of sp³-hybridized carbons (Fsp3) is 1.00. The van der Waals surface area contributed by atoms with Gasteiger partial charge in [0.05, 0.1) is 0 Å². The fourth-order valence-electron chi connectivity index (χ4n) is 2.39. The Balaban J connectivity index is 2.10. The topological polar surface area (TPSA) is 24.5 Å². The van der Waals surface area contributed by atoms with Gasteiger partial charge in [-0.25, -0.2) is 0 Å². The van der Waals surface area contributed by atoms with Crippen molar-refractivity contribution in [3.05, 3.63) is 0 Å². The van der Waals surface area contributed by atoms with Crippen molar-refractivity contribution in [3.63, 3.8) is 0 Å². The Morgan fingerprint density at radius 1 is 1.28 bits per heavy atom. The molecule has 0 aromatic heterocycles. The highest BCUT2D eigenvalue weighted by Crippen LogP contribution is 2.29. The summed E-state index contributed by atoms with van der Waals surface area (Å²) in [4.78, 5) is 2.69. The van der Waals surface area contributed by atoms with E-state index >= 15 is 0 Å². The predicted octanol–water partition coefficient (Wildman–Crippen LogP) is 2.51. The van der Waals surface area contributed by atoms with Crippen LogP contribution in [0.1, 0.15) is 47.0 Å². The Labute approximate surface area is 113 Å². The van der Waals surface area contributed by atoms with E-state index in [-0.39, 0.29) is 0 Å². The van der Waals surface area contributed by atoms with E-state index in [1.165, 1.54) is 19.4 Å². The molecule has 3 nitrogen and oxygen atoms in total. The molecule has 1 saturated carbocycles. The maximum atomic E-state index is 5.34. The quantitative estimate of drug-likeness (QED) is 0.575. The Kier molecular flexibility index (Phi) is 7.87. The summed E-state index contributed by atoms with van der Waals surface area (Å²) in [6.45, 7) is 14.2. The minimum atomic E-state index is 0.659. The summed E-state index contributed by atoms with van der Waals surface area (Å²) in [6.07, 6.45) is 3.93. The maximum Gasteiger partial charge on any atom is 0.0477 e. The zero-order valence-corrected chi connectivity index (χ0v) is 12.7. The lowest BCUT2D eigenvalue weighted by Gasteiger charge is -2.31. The van der Waals surface area contributed by atoms with Crippen molar-refractivity contribution in [2.75, 3.05) is 32.8 Å². The molecule has 1 atom stereocenters. The normalized spacial score (nSPS) is 17.7. The zero-order chi connectivity index (χ0) is 13.4. The van der Waals surface area contributed by atoms with E-state index in [0.717, 1.165) is 44.7 Å². The summed E-state index contributed by atoms with van der Waals surface area (Å²) in [5.74, 6) is 0.769. The third-order valence-electron chi connectivity index (χ3n) is 3.44. The van der Waals surface area contributed by atoms with Crippen LogP contribution in [-0.4, -0.2) is 49.8 Å². The van der Waals surface area contributed by atoms with Crippen molar-refractivity contribution < 1.29 is 4.74 Å². The molecular weight excluding hydrogens is 224 g/mol. The fourth-order valence-corrected chi connectivity index (χ4v) is 2.39. The molecule has 108 valence electrons. The van der Waals surface area contributed by atoms with Gasteiger partial charge in [-0.05, 0) is 45.6 Å². The number of hydrogen-bond acceptors (Lipinski definition) is 3. The summed E-state index contributed by atoms with van der Waals surface area (Å²) in [5, 5.41) is 3.56. The van der Waals surface area contributed by atoms with Gasteiger partial charge in [-0.2, -0.15) is 0 Å². The first-order valence-electron chi connectivity index (χ1n) is 7.69. The Bertz CT molecular complexity index is 205. The van der Waals surface area contributed by atoms with Gasteiger partial charge in [0.25, 0.3) is 0 Å². The first-order valence-corrected chi connectivity index (χ1v) is 7.69. The molecule has 0 amide bonds. The van der Waals surface area contributed by atoms with Gasteiger partial charge in [0.15, 0.2) is 0 Å². The third kappa shape index (κ3) is 6.72. The first kappa shape index (κ1) is 15.9. The molecule has 0 radical (unpaired) electrons. The van der Waals surface area contributed by atoms with E-state index in [4.69, 9.17) is 4.74 Å². The smallest absolute Gasteiger partial charge is 0.0477 e. The number of nitrogens with one attached hydrogen (secondary N) is 1. The van der Waals surface area contributed by atoms with Crippen LogP contribution in [0.25, 0.3) is 0 Å². The van der Waals surface area contributed by atoms with E-state index in [9.17, 15) is 0 Å². The average molecular weight is 256 g/mol. The van der Waals surface area contributed by atoms with E-state index in [1.807, 2.05) is 0 Å². The molecule has 0 aromatic rings. The minimum absolute atomic E-state index is 0.659. The molecule has 0 aliphatic heterocycles. The van der Waals surface area contributed by atoms with E-state index in [1.54, 1.807) is 0 Å². The van der Waals surface area contributed by atoms with Gasteiger partial charge in [0.2, 0.25) is 0 Å². The molecule has 0 spiro atoms. The Hall–Kier alpha value is -0.120. The summed E-state index contributed by atoms with van der Waals surface area (Å²) >= 11 is 0. The van der Waals surface area contributed by atoms with Crippen LogP contribution in [0.4, 0.5) is 0 Å². The largest absolute Gasteiger partial charge is 0.382 e. The van der Waals surface area contributed by atoms with Gasteiger partial charge >= 0.3 is 0 Å². The van der Waals surface area contributed by atoms with Crippen molar-refractivity contribution in [3.8, 4) is 0 Å². The second kappa shape index (κ2) is 8.89. The molecule has 1 unspecified atom stereocenters. The molecule has 0 bridgehead atoms. The van der Waals surface area contributed by atoms with E-state index in [0.29, 0.717) is 6.04 Å². The van der Waals surface area contributed by atoms with Crippen LogP contribution in [0.15, 0.2) is 0 Å². The SMILES string of the molecule is CCOCCCNCC(C)N(CC(C)C)C1CC1. The lowest BCUT2D eigenvalue weighted by molar-refractivity contribution is 0.142. The summed E-state index contributed by atoms with van der Waals surface area (Å²) in [5.41, 5.74) is 0. The van der Waals surface area contributed by atoms with Gasteiger partial charge in [0.1, 0.15) is 0 Å². The molecule has 0 heterocycles. The highest BCUT2D eigenvalue weighted by Gasteiger charge is 2.31. The number of rotatable bonds is 11. The molecule has 18 heavy (non-hydrogen) atoms. The van der Waals surface area contributed by atoms with E-state index in [2.05, 4.69) is 37.9 Å². The average Bonchev–Trinajstić information content (AvgIpc) is 3.14. The van der Waals surface area contributed by atoms with Crippen LogP contribution >= 0.6 is 0 Å². The van der Waals surface area contributed by atoms with Gasteiger partial charge < -0.3 is 10.1 Å². The number of hydrogen-bond donors (Lipinski definition) is 1. The van der Waals surface area contributed by atoms with Crippen LogP contribution < -0.4 is 5.32 Å². The van der Waals surface area contributed by atoms with Crippen LogP contribution in [0.3, 0.4) is 0 Å². The Morgan fingerprint density at radius 3 is 2.56 bits per heavy atom. The number of ether oxygens (including phenoxy) is 1. The monoisotopic (exact) mass is 256 g/mol. The summed E-state index contributed by atoms with van der Waals surface area (Å²) in [7, 11) is 0. The van der Waals surface area contributed by atoms with Gasteiger partial charge in [-0.3, -0.25) is 4.90 Å². The first-order chi connectivity index (χ1) is 8.65. The molecule has 0 aromatic carbocycles. The summed E-state index contributed by atoms with van der Waals surface area (Å²) < 4.78 is 5.34. The molecule has 1 aliphatic carbocycles. The lowest BCUT2D eigenvalue weighted by atomic mass is 10.1. The standard InChI is InChI=1S/C15H32N2O/c1-5-18-10-6-9-16-11-14(4)17(12-13(2)3)15-7-8-15/h13-16H,5-12H2,1-4H3. The molecule has 3 heteroatoms. The lowest BCUT2D eigenvalue weighted by Crippen LogP contribution is -2.43. The minimum Gasteiger partial charge on any atom is -0.382 e. The van der Waals surface area contributed by atoms with Crippen molar-refractivity contribution in [2.24, 2.45) is 5.92 Å². The maximum absolute atomic E-state index is 5.34.